The van der Waals surface area contributed by atoms with Gasteiger partial charge in [0, 0.05) is 30.8 Å². The van der Waals surface area contributed by atoms with Gasteiger partial charge in [-0.1, -0.05) is 17.5 Å². The lowest BCUT2D eigenvalue weighted by atomic mass is 10.1. The Bertz CT molecular complexity index is 986. The van der Waals surface area contributed by atoms with E-state index in [1.54, 1.807) is 29.3 Å². The van der Waals surface area contributed by atoms with Crippen molar-refractivity contribution in [1.82, 2.24) is 15.8 Å². The molecule has 2 aromatic carbocycles. The number of rotatable bonds is 8. The molecule has 168 valence electrons. The van der Waals surface area contributed by atoms with E-state index in [1.807, 2.05) is 0 Å². The van der Waals surface area contributed by atoms with Crippen LogP contribution in [0.15, 0.2) is 42.5 Å². The molecule has 32 heavy (non-hydrogen) atoms. The van der Waals surface area contributed by atoms with Crippen LogP contribution in [0.5, 0.6) is 11.5 Å². The molecular formula is C23H23ClFN3O4. The van der Waals surface area contributed by atoms with Gasteiger partial charge in [0.2, 0.25) is 0 Å². The van der Waals surface area contributed by atoms with Gasteiger partial charge in [-0.2, -0.15) is 0 Å². The smallest absolute Gasteiger partial charge is 0.272 e. The van der Waals surface area contributed by atoms with Crippen LogP contribution in [0.2, 0.25) is 5.02 Å². The minimum absolute atomic E-state index is 0.00840. The van der Waals surface area contributed by atoms with E-state index in [2.05, 4.69) is 16.7 Å². The molecule has 2 amide bonds. The van der Waals surface area contributed by atoms with Gasteiger partial charge < -0.3 is 14.8 Å². The van der Waals surface area contributed by atoms with Gasteiger partial charge in [-0.25, -0.2) is 9.40 Å². The minimum Gasteiger partial charge on any atom is -0.484 e. The van der Waals surface area contributed by atoms with Crippen molar-refractivity contribution in [2.75, 3.05) is 26.3 Å². The fourth-order valence-electron chi connectivity index (χ4n) is 3.13. The molecular weight excluding hydrogens is 437 g/mol. The average molecular weight is 460 g/mol. The Labute approximate surface area is 190 Å². The lowest BCUT2D eigenvalue weighted by Crippen LogP contribution is -2.52. The fourth-order valence-corrected chi connectivity index (χ4v) is 3.24. The molecule has 2 N–H and O–H groups in total. The Hall–Kier alpha value is -3.28. The number of carbonyl (C=O) groups excluding carboxylic acids is 2. The summed E-state index contributed by atoms with van der Waals surface area (Å²) in [4.78, 5) is 24.2. The second-order valence-electron chi connectivity index (χ2n) is 7.19. The number of nitrogens with one attached hydrogen (secondary N) is 2. The van der Waals surface area contributed by atoms with Crippen LogP contribution in [-0.4, -0.2) is 49.2 Å². The van der Waals surface area contributed by atoms with Gasteiger partial charge in [0.25, 0.3) is 11.8 Å². The van der Waals surface area contributed by atoms with E-state index in [0.29, 0.717) is 31.7 Å². The Morgan fingerprint density at radius 2 is 1.69 bits per heavy atom. The summed E-state index contributed by atoms with van der Waals surface area (Å²) < 4.78 is 24.1. The Morgan fingerprint density at radius 3 is 2.34 bits per heavy atom. The van der Waals surface area contributed by atoms with Gasteiger partial charge in [-0.15, -0.1) is 6.42 Å². The summed E-state index contributed by atoms with van der Waals surface area (Å²) in [6.45, 7) is 0.819. The first-order valence-electron chi connectivity index (χ1n) is 10.0. The molecule has 0 aliphatic carbocycles. The number of terminal acetylenes is 1. The minimum atomic E-state index is -0.605. The molecule has 0 spiro atoms. The van der Waals surface area contributed by atoms with Crippen LogP contribution in [-0.2, 0) is 9.59 Å². The number of nitrogens with zero attached hydrogens (tertiary/aromatic N) is 1. The molecule has 9 heteroatoms. The van der Waals surface area contributed by atoms with Crippen LogP contribution >= 0.6 is 11.6 Å². The third-order valence-electron chi connectivity index (χ3n) is 4.79. The maximum Gasteiger partial charge on any atom is 0.272 e. The molecule has 1 aliphatic rings. The van der Waals surface area contributed by atoms with E-state index >= 15 is 0 Å². The first-order valence-corrected chi connectivity index (χ1v) is 10.4. The zero-order valence-electron chi connectivity index (χ0n) is 17.3. The number of hydrazine groups is 1. The molecule has 0 aromatic heterocycles. The Balaban J connectivity index is 1.32. The van der Waals surface area contributed by atoms with Crippen molar-refractivity contribution in [1.29, 1.82) is 0 Å². The van der Waals surface area contributed by atoms with Crippen molar-refractivity contribution in [2.24, 2.45) is 0 Å². The first-order chi connectivity index (χ1) is 15.4. The number of ether oxygens (including phenoxy) is 2. The SMILES string of the molecule is C#Cc1ccc(OCC(=O)NN2CCC(NC(=O)COc3ccc(Cl)c(F)c3)CC2)cc1. The standard InChI is InChI=1S/C23H23ClFN3O4/c1-2-16-3-5-18(6-4-16)31-15-23(30)27-28-11-9-17(10-12-28)26-22(29)14-32-19-7-8-20(24)21(25)13-19/h1,3-8,13,17H,9-12,14-15H2,(H,26,29)(H,27,30). The van der Waals surface area contributed by atoms with Gasteiger partial charge in [0.1, 0.15) is 17.3 Å². The van der Waals surface area contributed by atoms with Crippen molar-refractivity contribution in [3.8, 4) is 23.8 Å². The molecule has 1 fully saturated rings. The number of hydrogen-bond acceptors (Lipinski definition) is 5. The van der Waals surface area contributed by atoms with Crippen molar-refractivity contribution in [3.05, 3.63) is 58.9 Å². The summed E-state index contributed by atoms with van der Waals surface area (Å²) in [5, 5.41) is 4.67. The van der Waals surface area contributed by atoms with Crippen LogP contribution in [0.4, 0.5) is 4.39 Å². The average Bonchev–Trinajstić information content (AvgIpc) is 2.80. The van der Waals surface area contributed by atoms with Crippen molar-refractivity contribution in [3.63, 3.8) is 0 Å². The molecule has 0 saturated carbocycles. The number of benzene rings is 2. The molecule has 2 aromatic rings. The van der Waals surface area contributed by atoms with Gasteiger partial charge in [-0.3, -0.25) is 15.0 Å². The van der Waals surface area contributed by atoms with Crippen LogP contribution in [0.25, 0.3) is 0 Å². The predicted molar refractivity (Wildman–Crippen MR) is 118 cm³/mol. The highest BCUT2D eigenvalue weighted by atomic mass is 35.5. The van der Waals surface area contributed by atoms with E-state index in [-0.39, 0.29) is 41.8 Å². The summed E-state index contributed by atoms with van der Waals surface area (Å²) in [5.74, 6) is 2.13. The third-order valence-corrected chi connectivity index (χ3v) is 5.10. The Kier molecular flexibility index (Phi) is 8.31. The van der Waals surface area contributed by atoms with Crippen molar-refractivity contribution in [2.45, 2.75) is 18.9 Å². The zero-order chi connectivity index (χ0) is 22.9. The summed E-state index contributed by atoms with van der Waals surface area (Å²) in [6.07, 6.45) is 6.63. The van der Waals surface area contributed by atoms with E-state index in [9.17, 15) is 14.0 Å². The van der Waals surface area contributed by atoms with Crippen molar-refractivity contribution < 1.29 is 23.5 Å². The number of halogens is 2. The van der Waals surface area contributed by atoms with Crippen LogP contribution in [0, 0.1) is 18.2 Å². The van der Waals surface area contributed by atoms with Crippen LogP contribution in [0.1, 0.15) is 18.4 Å². The molecule has 1 aliphatic heterocycles. The monoisotopic (exact) mass is 459 g/mol. The summed E-state index contributed by atoms with van der Waals surface area (Å²) >= 11 is 5.62. The second-order valence-corrected chi connectivity index (χ2v) is 7.59. The molecule has 0 radical (unpaired) electrons. The molecule has 1 saturated heterocycles. The number of piperidine rings is 1. The highest BCUT2D eigenvalue weighted by Gasteiger charge is 2.22. The van der Waals surface area contributed by atoms with Gasteiger partial charge >= 0.3 is 0 Å². The van der Waals surface area contributed by atoms with E-state index in [4.69, 9.17) is 27.5 Å². The zero-order valence-corrected chi connectivity index (χ0v) is 18.0. The summed E-state index contributed by atoms with van der Waals surface area (Å²) in [7, 11) is 0. The predicted octanol–water partition coefficient (Wildman–Crippen LogP) is 2.53. The largest absolute Gasteiger partial charge is 0.484 e. The van der Waals surface area contributed by atoms with Crippen LogP contribution in [0.3, 0.4) is 0 Å². The van der Waals surface area contributed by atoms with Gasteiger partial charge in [0.05, 0.1) is 5.02 Å². The quantitative estimate of drug-likeness (QED) is 0.593. The summed E-state index contributed by atoms with van der Waals surface area (Å²) in [6, 6.07) is 10.9. The van der Waals surface area contributed by atoms with E-state index in [0.717, 1.165) is 11.6 Å². The molecule has 0 atom stereocenters. The second kappa shape index (κ2) is 11.4. The lowest BCUT2D eigenvalue weighted by molar-refractivity contribution is -0.129. The molecule has 0 bridgehead atoms. The third kappa shape index (κ3) is 7.15. The molecule has 7 nitrogen and oxygen atoms in total. The fraction of sp³-hybridized carbons (Fsp3) is 0.304. The van der Waals surface area contributed by atoms with E-state index < -0.39 is 5.82 Å². The van der Waals surface area contributed by atoms with Crippen LogP contribution < -0.4 is 20.2 Å². The molecule has 1 heterocycles. The lowest BCUT2D eigenvalue weighted by Gasteiger charge is -2.32. The van der Waals surface area contributed by atoms with Crippen molar-refractivity contribution >= 4 is 23.4 Å². The highest BCUT2D eigenvalue weighted by molar-refractivity contribution is 6.30. The first kappa shape index (κ1) is 23.4. The number of amides is 2. The summed E-state index contributed by atoms with van der Waals surface area (Å²) in [5.41, 5.74) is 3.53. The Morgan fingerprint density at radius 1 is 1.06 bits per heavy atom. The molecule has 0 unspecified atom stereocenters. The topological polar surface area (TPSA) is 79.9 Å². The van der Waals surface area contributed by atoms with Gasteiger partial charge in [0.15, 0.2) is 13.2 Å². The normalized spacial score (nSPS) is 14.3. The van der Waals surface area contributed by atoms with E-state index in [1.165, 1.54) is 12.1 Å². The number of carbonyl (C=O) groups is 2. The van der Waals surface area contributed by atoms with Gasteiger partial charge in [-0.05, 0) is 49.2 Å². The highest BCUT2D eigenvalue weighted by Crippen LogP contribution is 2.20. The molecule has 3 rings (SSSR count). The number of hydrogen-bond donors (Lipinski definition) is 2. The maximum absolute atomic E-state index is 13.4. The maximum atomic E-state index is 13.4.